The average Bonchev–Trinajstić information content (AvgIpc) is 3.09. The summed E-state index contributed by atoms with van der Waals surface area (Å²) in [6, 6.07) is 7.30. The first-order valence-electron chi connectivity index (χ1n) is 8.25. The smallest absolute Gasteiger partial charge is 0.257 e. The molecule has 24 heavy (non-hydrogen) atoms. The van der Waals surface area contributed by atoms with E-state index < -0.39 is 5.60 Å². The number of H-pyrrole nitrogens is 1. The average molecular weight is 328 g/mol. The Morgan fingerprint density at radius 1 is 1.42 bits per heavy atom. The fraction of sp³-hybridized carbons (Fsp3) is 0.471. The predicted molar refractivity (Wildman–Crippen MR) is 85.5 cm³/mol. The van der Waals surface area contributed by atoms with Gasteiger partial charge in [0.2, 0.25) is 0 Å². The van der Waals surface area contributed by atoms with Crippen molar-refractivity contribution < 1.29 is 14.6 Å². The number of benzene rings is 1. The molecule has 4 rings (SSSR count). The number of carbonyl (C=O) groups excluding carboxylic acids is 1. The minimum absolute atomic E-state index is 0.124. The normalized spacial score (nSPS) is 23.5. The fourth-order valence-electron chi connectivity index (χ4n) is 3.03. The molecule has 126 valence electrons. The number of likely N-dealkylation sites (tertiary alicyclic amines) is 1. The molecule has 7 heteroatoms. The first-order chi connectivity index (χ1) is 11.7. The molecule has 1 aliphatic carbocycles. The topological polar surface area (TPSA) is 91.3 Å². The maximum absolute atomic E-state index is 12.9. The van der Waals surface area contributed by atoms with Crippen LogP contribution in [-0.4, -0.2) is 51.0 Å². The molecule has 2 heterocycles. The minimum atomic E-state index is -1.15. The van der Waals surface area contributed by atoms with E-state index in [9.17, 15) is 9.90 Å². The number of nitrogens with one attached hydrogen (secondary N) is 1. The third-order valence-electron chi connectivity index (χ3n) is 4.72. The minimum Gasteiger partial charge on any atom is -0.492 e. The van der Waals surface area contributed by atoms with Gasteiger partial charge in [-0.3, -0.25) is 4.79 Å². The Morgan fingerprint density at radius 3 is 3.00 bits per heavy atom. The Bertz CT molecular complexity index is 729. The monoisotopic (exact) mass is 328 g/mol. The summed E-state index contributed by atoms with van der Waals surface area (Å²) in [6.07, 6.45) is 4.34. The molecule has 2 fully saturated rings. The van der Waals surface area contributed by atoms with Crippen LogP contribution in [0.5, 0.6) is 5.75 Å². The van der Waals surface area contributed by atoms with Crippen molar-refractivity contribution in [1.82, 2.24) is 20.3 Å². The van der Waals surface area contributed by atoms with Gasteiger partial charge in [0.15, 0.2) is 0 Å². The van der Waals surface area contributed by atoms with Crippen LogP contribution < -0.4 is 4.74 Å². The van der Waals surface area contributed by atoms with Crippen LogP contribution in [-0.2, 0) is 5.60 Å². The molecular weight excluding hydrogens is 308 g/mol. The van der Waals surface area contributed by atoms with Crippen molar-refractivity contribution in [3.8, 4) is 5.75 Å². The number of carbonyl (C=O) groups is 1. The van der Waals surface area contributed by atoms with Gasteiger partial charge in [0.05, 0.1) is 24.9 Å². The summed E-state index contributed by atoms with van der Waals surface area (Å²) in [5.41, 5.74) is -0.134. The van der Waals surface area contributed by atoms with Crippen LogP contribution in [0, 0.1) is 5.92 Å². The number of aromatic amines is 1. The van der Waals surface area contributed by atoms with Crippen LogP contribution in [0.4, 0.5) is 0 Å². The second kappa shape index (κ2) is 5.90. The molecule has 1 aromatic carbocycles. The zero-order valence-electron chi connectivity index (χ0n) is 13.3. The molecule has 1 aromatic heterocycles. The lowest BCUT2D eigenvalue weighted by atomic mass is 10.00. The number of amides is 1. The Labute approximate surface area is 139 Å². The van der Waals surface area contributed by atoms with Crippen LogP contribution in [0.15, 0.2) is 30.5 Å². The highest BCUT2D eigenvalue weighted by atomic mass is 16.5. The summed E-state index contributed by atoms with van der Waals surface area (Å²) >= 11 is 0. The number of aromatic nitrogens is 3. The van der Waals surface area contributed by atoms with Crippen molar-refractivity contribution >= 4 is 5.91 Å². The standard InChI is InChI=1S/C17H20N4O3/c22-16(13-3-1-2-4-14(13)24-10-12-5-6-12)21-8-7-17(23,11-21)15-9-18-20-19-15/h1-4,9,12,23H,5-8,10-11H2,(H,18,19,20)/t17-/m0/s1. The number of nitrogens with zero attached hydrogens (tertiary/aromatic N) is 3. The number of hydrogen-bond acceptors (Lipinski definition) is 5. The molecule has 1 saturated heterocycles. The van der Waals surface area contributed by atoms with Crippen molar-refractivity contribution in [2.75, 3.05) is 19.7 Å². The van der Waals surface area contributed by atoms with Crippen molar-refractivity contribution in [1.29, 1.82) is 0 Å². The van der Waals surface area contributed by atoms with Gasteiger partial charge in [0, 0.05) is 13.0 Å². The molecule has 1 aliphatic heterocycles. The fourth-order valence-corrected chi connectivity index (χ4v) is 3.03. The van der Waals surface area contributed by atoms with E-state index in [1.165, 1.54) is 19.0 Å². The number of hydrogen-bond donors (Lipinski definition) is 2. The molecule has 2 aliphatic rings. The van der Waals surface area contributed by atoms with E-state index in [1.54, 1.807) is 11.0 Å². The summed E-state index contributed by atoms with van der Waals surface area (Å²) < 4.78 is 5.83. The zero-order chi connectivity index (χ0) is 16.6. The third kappa shape index (κ3) is 2.87. The molecule has 1 saturated carbocycles. The highest BCUT2D eigenvalue weighted by molar-refractivity contribution is 5.97. The van der Waals surface area contributed by atoms with Gasteiger partial charge < -0.3 is 14.7 Å². The molecule has 1 atom stereocenters. The van der Waals surface area contributed by atoms with Crippen LogP contribution >= 0.6 is 0 Å². The summed E-state index contributed by atoms with van der Waals surface area (Å²) in [4.78, 5) is 14.5. The van der Waals surface area contributed by atoms with Gasteiger partial charge in [-0.1, -0.05) is 12.1 Å². The molecule has 0 radical (unpaired) electrons. The first-order valence-corrected chi connectivity index (χ1v) is 8.25. The molecule has 2 N–H and O–H groups in total. The summed E-state index contributed by atoms with van der Waals surface area (Å²) in [5, 5.41) is 20.9. The zero-order valence-corrected chi connectivity index (χ0v) is 13.3. The summed E-state index contributed by atoms with van der Waals surface area (Å²) in [7, 11) is 0. The molecular formula is C17H20N4O3. The van der Waals surface area contributed by atoms with Crippen LogP contribution in [0.3, 0.4) is 0 Å². The van der Waals surface area contributed by atoms with E-state index >= 15 is 0 Å². The van der Waals surface area contributed by atoms with E-state index in [-0.39, 0.29) is 12.5 Å². The predicted octanol–water partition coefficient (Wildman–Crippen LogP) is 1.33. The maximum Gasteiger partial charge on any atom is 0.257 e. The van der Waals surface area contributed by atoms with Crippen LogP contribution in [0.1, 0.15) is 35.3 Å². The Balaban J connectivity index is 1.50. The van der Waals surface area contributed by atoms with Gasteiger partial charge in [-0.15, -0.1) is 0 Å². The van der Waals surface area contributed by atoms with Gasteiger partial charge in [0.25, 0.3) is 5.91 Å². The summed E-state index contributed by atoms with van der Waals surface area (Å²) in [6.45, 7) is 1.33. The number of β-amino-alcohol motifs (C(OH)–C–C–N with tert-alkyl or cyclic N) is 1. The van der Waals surface area contributed by atoms with E-state index in [1.807, 2.05) is 18.2 Å². The van der Waals surface area contributed by atoms with Crippen molar-refractivity contribution in [2.24, 2.45) is 5.92 Å². The Morgan fingerprint density at radius 2 is 2.25 bits per heavy atom. The first kappa shape index (κ1) is 15.1. The lowest BCUT2D eigenvalue weighted by molar-refractivity contribution is 0.0381. The van der Waals surface area contributed by atoms with Gasteiger partial charge in [0.1, 0.15) is 17.0 Å². The quantitative estimate of drug-likeness (QED) is 0.864. The molecule has 0 unspecified atom stereocenters. The third-order valence-corrected chi connectivity index (χ3v) is 4.72. The highest BCUT2D eigenvalue weighted by Crippen LogP contribution is 2.33. The van der Waals surface area contributed by atoms with Crippen molar-refractivity contribution in [3.63, 3.8) is 0 Å². The number of aliphatic hydroxyl groups is 1. The Kier molecular flexibility index (Phi) is 3.72. The van der Waals surface area contributed by atoms with Gasteiger partial charge in [-0.2, -0.15) is 15.4 Å². The lowest BCUT2D eigenvalue weighted by Gasteiger charge is -2.22. The van der Waals surface area contributed by atoms with Crippen LogP contribution in [0.25, 0.3) is 0 Å². The van der Waals surface area contributed by atoms with E-state index in [2.05, 4.69) is 15.4 Å². The van der Waals surface area contributed by atoms with E-state index in [4.69, 9.17) is 4.74 Å². The second-order valence-corrected chi connectivity index (χ2v) is 6.61. The van der Waals surface area contributed by atoms with E-state index in [0.717, 1.165) is 0 Å². The second-order valence-electron chi connectivity index (χ2n) is 6.61. The lowest BCUT2D eigenvalue weighted by Crippen LogP contribution is -2.34. The van der Waals surface area contributed by atoms with Gasteiger partial charge >= 0.3 is 0 Å². The molecule has 7 nitrogen and oxygen atoms in total. The van der Waals surface area contributed by atoms with Crippen molar-refractivity contribution in [2.45, 2.75) is 24.9 Å². The number of para-hydroxylation sites is 1. The van der Waals surface area contributed by atoms with Gasteiger partial charge in [-0.25, -0.2) is 0 Å². The molecule has 0 spiro atoms. The maximum atomic E-state index is 12.9. The van der Waals surface area contributed by atoms with Gasteiger partial charge in [-0.05, 0) is 30.9 Å². The number of ether oxygens (including phenoxy) is 1. The van der Waals surface area contributed by atoms with E-state index in [0.29, 0.717) is 42.5 Å². The van der Waals surface area contributed by atoms with Crippen molar-refractivity contribution in [3.05, 3.63) is 41.7 Å². The molecule has 0 bridgehead atoms. The summed E-state index contributed by atoms with van der Waals surface area (Å²) in [5.74, 6) is 1.12. The molecule has 2 aromatic rings. The molecule has 1 amide bonds. The Hall–Kier alpha value is -2.41. The highest BCUT2D eigenvalue weighted by Gasteiger charge is 2.42. The number of rotatable bonds is 5. The SMILES string of the molecule is O=C(c1ccccc1OCC1CC1)N1CC[C@@](O)(c2cn[nH]n2)C1. The van der Waals surface area contributed by atoms with Crippen LogP contribution in [0.2, 0.25) is 0 Å². The largest absolute Gasteiger partial charge is 0.492 e.